The van der Waals surface area contributed by atoms with Gasteiger partial charge in [-0.2, -0.15) is 0 Å². The minimum atomic E-state index is -1.16. The lowest BCUT2D eigenvalue weighted by atomic mass is 9.90. The molecule has 0 bridgehead atoms. The van der Waals surface area contributed by atoms with Crippen LogP contribution in [0.1, 0.15) is 36.5 Å². The highest BCUT2D eigenvalue weighted by atomic mass is 19.1. The van der Waals surface area contributed by atoms with Crippen LogP contribution < -0.4 is 10.6 Å². The van der Waals surface area contributed by atoms with E-state index in [-0.39, 0.29) is 17.2 Å². The van der Waals surface area contributed by atoms with Crippen molar-refractivity contribution in [3.8, 4) is 0 Å². The van der Waals surface area contributed by atoms with Crippen molar-refractivity contribution in [3.63, 3.8) is 0 Å². The van der Waals surface area contributed by atoms with Gasteiger partial charge in [0, 0.05) is 0 Å². The molecule has 108 valence electrons. The van der Waals surface area contributed by atoms with Crippen molar-refractivity contribution < 1.29 is 19.1 Å². The molecule has 0 saturated carbocycles. The molecule has 1 fully saturated rings. The topological polar surface area (TPSA) is 78.4 Å². The maximum absolute atomic E-state index is 13.7. The Morgan fingerprint density at radius 3 is 2.75 bits per heavy atom. The number of hydrogen-bond donors (Lipinski definition) is 3. The molecule has 1 aliphatic heterocycles. The van der Waals surface area contributed by atoms with E-state index in [1.807, 2.05) is 0 Å². The molecule has 1 atom stereocenters. The van der Waals surface area contributed by atoms with Gasteiger partial charge in [0.15, 0.2) is 0 Å². The molecule has 0 spiro atoms. The summed E-state index contributed by atoms with van der Waals surface area (Å²) in [6.45, 7) is 2.50. The van der Waals surface area contributed by atoms with Gasteiger partial charge in [0.2, 0.25) is 5.91 Å². The number of nitrogens with one attached hydrogen (secondary N) is 2. The molecule has 6 heteroatoms. The third-order valence-corrected chi connectivity index (χ3v) is 3.58. The summed E-state index contributed by atoms with van der Waals surface area (Å²) in [6.07, 6.45) is 2.60. The second-order valence-corrected chi connectivity index (χ2v) is 5.17. The van der Waals surface area contributed by atoms with Crippen molar-refractivity contribution in [3.05, 3.63) is 29.6 Å². The van der Waals surface area contributed by atoms with Gasteiger partial charge in [-0.05, 0) is 50.9 Å². The summed E-state index contributed by atoms with van der Waals surface area (Å²) in [5.41, 5.74) is -0.920. The second kappa shape index (κ2) is 5.58. The number of carbonyl (C=O) groups is 2. The van der Waals surface area contributed by atoms with E-state index in [2.05, 4.69) is 10.6 Å². The van der Waals surface area contributed by atoms with Crippen LogP contribution in [0.4, 0.5) is 10.1 Å². The zero-order valence-electron chi connectivity index (χ0n) is 11.2. The number of carboxylic acid groups (broad SMARTS) is 1. The summed E-state index contributed by atoms with van der Waals surface area (Å²) in [6, 6.07) is 3.32. The lowest BCUT2D eigenvalue weighted by molar-refractivity contribution is -0.122. The average Bonchev–Trinajstić information content (AvgIpc) is 2.41. The fourth-order valence-electron chi connectivity index (χ4n) is 2.26. The Morgan fingerprint density at radius 1 is 1.40 bits per heavy atom. The number of anilines is 1. The SMILES string of the molecule is CC1(C(=O)Nc2cc(C(=O)O)ccc2F)CCCCN1. The van der Waals surface area contributed by atoms with Crippen LogP contribution >= 0.6 is 0 Å². The van der Waals surface area contributed by atoms with Crippen LogP contribution in [-0.2, 0) is 4.79 Å². The van der Waals surface area contributed by atoms with E-state index in [9.17, 15) is 14.0 Å². The smallest absolute Gasteiger partial charge is 0.335 e. The van der Waals surface area contributed by atoms with E-state index in [0.29, 0.717) is 6.42 Å². The van der Waals surface area contributed by atoms with E-state index in [1.54, 1.807) is 6.92 Å². The zero-order chi connectivity index (χ0) is 14.8. The molecule has 1 aliphatic rings. The van der Waals surface area contributed by atoms with E-state index < -0.39 is 17.3 Å². The van der Waals surface area contributed by atoms with Gasteiger partial charge in [-0.1, -0.05) is 0 Å². The molecule has 1 aromatic rings. The predicted molar refractivity (Wildman–Crippen MR) is 72.2 cm³/mol. The fourth-order valence-corrected chi connectivity index (χ4v) is 2.26. The van der Waals surface area contributed by atoms with Crippen LogP contribution in [0, 0.1) is 5.82 Å². The number of aromatic carboxylic acids is 1. The van der Waals surface area contributed by atoms with Crippen molar-refractivity contribution in [2.75, 3.05) is 11.9 Å². The van der Waals surface area contributed by atoms with Gasteiger partial charge >= 0.3 is 5.97 Å². The van der Waals surface area contributed by atoms with Crippen LogP contribution in [0.3, 0.4) is 0 Å². The van der Waals surface area contributed by atoms with Crippen LogP contribution in [0.25, 0.3) is 0 Å². The van der Waals surface area contributed by atoms with Gasteiger partial charge in [-0.3, -0.25) is 4.79 Å². The van der Waals surface area contributed by atoms with Gasteiger partial charge in [0.25, 0.3) is 0 Å². The number of piperidine rings is 1. The Morgan fingerprint density at radius 2 is 2.15 bits per heavy atom. The number of hydrogen-bond acceptors (Lipinski definition) is 3. The van der Waals surface area contributed by atoms with Crippen LogP contribution in [0.2, 0.25) is 0 Å². The lowest BCUT2D eigenvalue weighted by Crippen LogP contribution is -2.54. The fraction of sp³-hybridized carbons (Fsp3) is 0.429. The summed E-state index contributed by atoms with van der Waals surface area (Å²) in [5, 5.41) is 14.5. The Bertz CT molecular complexity index is 539. The van der Waals surface area contributed by atoms with Crippen molar-refractivity contribution in [1.82, 2.24) is 5.32 Å². The summed E-state index contributed by atoms with van der Waals surface area (Å²) in [5.74, 6) is -2.16. The molecule has 0 radical (unpaired) electrons. The molecule has 0 aliphatic carbocycles. The number of halogens is 1. The molecular formula is C14H17FN2O3. The first-order chi connectivity index (χ1) is 9.42. The van der Waals surface area contributed by atoms with Gasteiger partial charge in [-0.25, -0.2) is 9.18 Å². The van der Waals surface area contributed by atoms with Crippen molar-refractivity contribution in [2.24, 2.45) is 0 Å². The van der Waals surface area contributed by atoms with Crippen LogP contribution in [0.5, 0.6) is 0 Å². The quantitative estimate of drug-likeness (QED) is 0.791. The Kier molecular flexibility index (Phi) is 4.04. The summed E-state index contributed by atoms with van der Waals surface area (Å²) in [4.78, 5) is 23.1. The Hall–Kier alpha value is -1.95. The maximum atomic E-state index is 13.7. The highest BCUT2D eigenvalue weighted by molar-refractivity contribution is 5.99. The Labute approximate surface area is 116 Å². The molecule has 3 N–H and O–H groups in total. The summed E-state index contributed by atoms with van der Waals surface area (Å²) in [7, 11) is 0. The molecule has 1 unspecified atom stereocenters. The van der Waals surface area contributed by atoms with Crippen molar-refractivity contribution >= 4 is 17.6 Å². The van der Waals surface area contributed by atoms with Crippen LogP contribution in [0.15, 0.2) is 18.2 Å². The van der Waals surface area contributed by atoms with Crippen LogP contribution in [-0.4, -0.2) is 29.1 Å². The van der Waals surface area contributed by atoms with Gasteiger partial charge in [0.05, 0.1) is 16.8 Å². The number of carboxylic acids is 1. The first kappa shape index (κ1) is 14.5. The number of benzene rings is 1. The zero-order valence-corrected chi connectivity index (χ0v) is 11.2. The molecule has 5 nitrogen and oxygen atoms in total. The molecule has 1 amide bonds. The molecule has 1 aromatic carbocycles. The normalized spacial score (nSPS) is 22.3. The monoisotopic (exact) mass is 280 g/mol. The standard InChI is InChI=1S/C14H17FN2O3/c1-14(6-2-3-7-16-14)13(20)17-11-8-9(12(18)19)4-5-10(11)15/h4-5,8,16H,2-3,6-7H2,1H3,(H,17,20)(H,18,19). The van der Waals surface area contributed by atoms with Crippen molar-refractivity contribution in [1.29, 1.82) is 0 Å². The maximum Gasteiger partial charge on any atom is 0.335 e. The number of amides is 1. The molecule has 2 rings (SSSR count). The summed E-state index contributed by atoms with van der Waals surface area (Å²) >= 11 is 0. The third kappa shape index (κ3) is 2.96. The first-order valence-electron chi connectivity index (χ1n) is 6.52. The third-order valence-electron chi connectivity index (χ3n) is 3.58. The molecular weight excluding hydrogens is 263 g/mol. The number of carbonyl (C=O) groups excluding carboxylic acids is 1. The largest absolute Gasteiger partial charge is 0.478 e. The van der Waals surface area contributed by atoms with Gasteiger partial charge in [-0.15, -0.1) is 0 Å². The first-order valence-corrected chi connectivity index (χ1v) is 6.52. The minimum Gasteiger partial charge on any atom is -0.478 e. The van der Waals surface area contributed by atoms with E-state index in [4.69, 9.17) is 5.11 Å². The van der Waals surface area contributed by atoms with Gasteiger partial charge in [0.1, 0.15) is 5.82 Å². The second-order valence-electron chi connectivity index (χ2n) is 5.17. The number of rotatable bonds is 3. The predicted octanol–water partition coefficient (Wildman–Crippen LogP) is 1.99. The van der Waals surface area contributed by atoms with E-state index >= 15 is 0 Å². The highest BCUT2D eigenvalue weighted by Gasteiger charge is 2.34. The summed E-state index contributed by atoms with van der Waals surface area (Å²) < 4.78 is 13.7. The highest BCUT2D eigenvalue weighted by Crippen LogP contribution is 2.23. The van der Waals surface area contributed by atoms with Gasteiger partial charge < -0.3 is 15.7 Å². The van der Waals surface area contributed by atoms with E-state index in [1.165, 1.54) is 0 Å². The Balaban J connectivity index is 2.18. The van der Waals surface area contributed by atoms with Crippen molar-refractivity contribution in [2.45, 2.75) is 31.7 Å². The molecule has 20 heavy (non-hydrogen) atoms. The minimum absolute atomic E-state index is 0.0662. The molecule has 1 saturated heterocycles. The lowest BCUT2D eigenvalue weighted by Gasteiger charge is -2.33. The van der Waals surface area contributed by atoms with E-state index in [0.717, 1.165) is 37.6 Å². The molecule has 0 aromatic heterocycles. The molecule has 1 heterocycles. The average molecular weight is 280 g/mol.